The van der Waals surface area contributed by atoms with Gasteiger partial charge in [-0.15, -0.1) is 0 Å². The van der Waals surface area contributed by atoms with E-state index in [-0.39, 0.29) is 24.7 Å². The highest BCUT2D eigenvalue weighted by Gasteiger charge is 2.11. The van der Waals surface area contributed by atoms with Gasteiger partial charge in [0.15, 0.2) is 0 Å². The number of nitrogens with one attached hydrogen (secondary N) is 3. The van der Waals surface area contributed by atoms with E-state index in [0.717, 1.165) is 5.69 Å². The first-order valence-corrected chi connectivity index (χ1v) is 8.15. The molecule has 3 N–H and O–H groups in total. The molecule has 1 aromatic carbocycles. The minimum Gasteiger partial charge on any atom is -0.388 e. The number of anilines is 1. The average molecular weight is 320 g/mol. The molecule has 20 heavy (non-hydrogen) atoms. The van der Waals surface area contributed by atoms with Crippen LogP contribution in [0, 0.1) is 0 Å². The molecule has 112 valence electrons. The molecule has 0 aliphatic carbocycles. The Morgan fingerprint density at radius 2 is 2.00 bits per heavy atom. The van der Waals surface area contributed by atoms with Gasteiger partial charge in [0, 0.05) is 25.8 Å². The van der Waals surface area contributed by atoms with Gasteiger partial charge < -0.3 is 10.6 Å². The summed E-state index contributed by atoms with van der Waals surface area (Å²) in [5, 5.41) is 5.87. The molecule has 0 aromatic heterocycles. The lowest BCUT2D eigenvalue weighted by atomic mass is 10.2. The average Bonchev–Trinajstić information content (AvgIpc) is 2.44. The highest BCUT2D eigenvalue weighted by atomic mass is 35.5. The Kier molecular flexibility index (Phi) is 6.25. The van der Waals surface area contributed by atoms with Crippen LogP contribution < -0.4 is 15.4 Å². The van der Waals surface area contributed by atoms with Crippen LogP contribution in [0.3, 0.4) is 0 Å². The molecule has 0 atom stereocenters. The topological polar surface area (TPSA) is 87.3 Å². The first-order chi connectivity index (χ1) is 9.39. The molecule has 1 amide bonds. The largest absolute Gasteiger partial charge is 0.388 e. The summed E-state index contributed by atoms with van der Waals surface area (Å²) in [6.45, 7) is 1.88. The molecule has 0 heterocycles. The summed E-state index contributed by atoms with van der Waals surface area (Å²) in [5.41, 5.74) is 1.11. The Morgan fingerprint density at radius 1 is 1.30 bits per heavy atom. The van der Waals surface area contributed by atoms with Crippen molar-refractivity contribution < 1.29 is 13.2 Å². The van der Waals surface area contributed by atoms with E-state index in [9.17, 15) is 13.2 Å². The van der Waals surface area contributed by atoms with Crippen LogP contribution in [0.25, 0.3) is 0 Å². The number of carbonyl (C=O) groups excluding carboxylic acids is 1. The molecule has 0 aliphatic rings. The van der Waals surface area contributed by atoms with Crippen LogP contribution in [0.4, 0.5) is 5.69 Å². The number of benzene rings is 1. The SMILES string of the molecule is CCS(=O)(=O)NCCNC(=O)c1cc(NC)ccc1Cl. The normalized spacial score (nSPS) is 11.2. The standard InChI is InChI=1S/C12H18ClN3O3S/c1-3-20(18,19)16-7-6-15-12(17)10-8-9(14-2)4-5-11(10)13/h4-5,8,14,16H,3,6-7H2,1-2H3,(H,15,17). The van der Waals surface area contributed by atoms with Gasteiger partial charge in [-0.3, -0.25) is 4.79 Å². The van der Waals surface area contributed by atoms with Crippen LogP contribution in [0.1, 0.15) is 17.3 Å². The number of amides is 1. The molecular weight excluding hydrogens is 302 g/mol. The van der Waals surface area contributed by atoms with Crippen molar-refractivity contribution in [2.45, 2.75) is 6.92 Å². The Morgan fingerprint density at radius 3 is 2.60 bits per heavy atom. The molecule has 1 aromatic rings. The summed E-state index contributed by atoms with van der Waals surface area (Å²) in [6.07, 6.45) is 0. The summed E-state index contributed by atoms with van der Waals surface area (Å²) in [7, 11) is -1.50. The van der Waals surface area contributed by atoms with Crippen LogP contribution in [0.15, 0.2) is 18.2 Å². The molecule has 0 saturated carbocycles. The van der Waals surface area contributed by atoms with Gasteiger partial charge in [-0.25, -0.2) is 13.1 Å². The van der Waals surface area contributed by atoms with Crippen molar-refractivity contribution in [1.29, 1.82) is 0 Å². The van der Waals surface area contributed by atoms with Crippen molar-refractivity contribution in [2.75, 3.05) is 31.2 Å². The summed E-state index contributed by atoms with van der Waals surface area (Å²) < 4.78 is 24.8. The van der Waals surface area contributed by atoms with Crippen LogP contribution in [0.2, 0.25) is 5.02 Å². The molecular formula is C12H18ClN3O3S. The Bertz CT molecular complexity index is 575. The van der Waals surface area contributed by atoms with E-state index in [1.54, 1.807) is 32.2 Å². The van der Waals surface area contributed by atoms with Crippen LogP contribution in [-0.4, -0.2) is 40.2 Å². The number of rotatable bonds is 7. The maximum absolute atomic E-state index is 11.9. The summed E-state index contributed by atoms with van der Waals surface area (Å²) >= 11 is 5.96. The van der Waals surface area contributed by atoms with Crippen molar-refractivity contribution in [3.05, 3.63) is 28.8 Å². The Hall–Kier alpha value is -1.31. The van der Waals surface area contributed by atoms with Crippen molar-refractivity contribution >= 4 is 33.2 Å². The maximum atomic E-state index is 11.9. The number of halogens is 1. The van der Waals surface area contributed by atoms with Crippen LogP contribution in [0.5, 0.6) is 0 Å². The number of carbonyl (C=O) groups is 1. The maximum Gasteiger partial charge on any atom is 0.252 e. The number of hydrogen-bond acceptors (Lipinski definition) is 4. The van der Waals surface area contributed by atoms with E-state index in [0.29, 0.717) is 10.6 Å². The fourth-order valence-electron chi connectivity index (χ4n) is 1.43. The van der Waals surface area contributed by atoms with E-state index in [2.05, 4.69) is 15.4 Å². The van der Waals surface area contributed by atoms with Crippen molar-refractivity contribution in [3.63, 3.8) is 0 Å². The third kappa shape index (κ3) is 4.99. The second kappa shape index (κ2) is 7.47. The van der Waals surface area contributed by atoms with Gasteiger partial charge in [0.1, 0.15) is 0 Å². The first kappa shape index (κ1) is 16.7. The highest BCUT2D eigenvalue weighted by molar-refractivity contribution is 7.89. The molecule has 1 rings (SSSR count). The van der Waals surface area contributed by atoms with Crippen LogP contribution in [-0.2, 0) is 10.0 Å². The minimum absolute atomic E-state index is 0.0109. The van der Waals surface area contributed by atoms with E-state index >= 15 is 0 Å². The van der Waals surface area contributed by atoms with Gasteiger partial charge in [-0.1, -0.05) is 11.6 Å². The van der Waals surface area contributed by atoms with Gasteiger partial charge in [-0.05, 0) is 25.1 Å². The molecule has 0 saturated heterocycles. The fraction of sp³-hybridized carbons (Fsp3) is 0.417. The van der Waals surface area contributed by atoms with E-state index in [1.807, 2.05) is 0 Å². The van der Waals surface area contributed by atoms with Gasteiger partial charge in [0.2, 0.25) is 10.0 Å². The quantitative estimate of drug-likeness (QED) is 0.656. The summed E-state index contributed by atoms with van der Waals surface area (Å²) in [4.78, 5) is 11.9. The third-order valence-electron chi connectivity index (χ3n) is 2.61. The molecule has 8 heteroatoms. The highest BCUT2D eigenvalue weighted by Crippen LogP contribution is 2.20. The first-order valence-electron chi connectivity index (χ1n) is 6.12. The van der Waals surface area contributed by atoms with E-state index < -0.39 is 10.0 Å². The predicted molar refractivity (Wildman–Crippen MR) is 80.8 cm³/mol. The van der Waals surface area contributed by atoms with E-state index in [4.69, 9.17) is 11.6 Å². The lowest BCUT2D eigenvalue weighted by Gasteiger charge is -2.09. The number of hydrogen-bond donors (Lipinski definition) is 3. The Balaban J connectivity index is 2.55. The third-order valence-corrected chi connectivity index (χ3v) is 4.35. The molecule has 0 aliphatic heterocycles. The smallest absolute Gasteiger partial charge is 0.252 e. The van der Waals surface area contributed by atoms with Crippen molar-refractivity contribution in [1.82, 2.24) is 10.0 Å². The molecule has 0 radical (unpaired) electrons. The van der Waals surface area contributed by atoms with Gasteiger partial charge in [-0.2, -0.15) is 0 Å². The summed E-state index contributed by atoms with van der Waals surface area (Å²) in [5.74, 6) is -0.334. The van der Waals surface area contributed by atoms with Gasteiger partial charge in [0.25, 0.3) is 5.91 Å². The fourth-order valence-corrected chi connectivity index (χ4v) is 2.26. The predicted octanol–water partition coefficient (Wildman–Crippen LogP) is 1.05. The lowest BCUT2D eigenvalue weighted by molar-refractivity contribution is 0.0954. The second-order valence-corrected chi connectivity index (χ2v) is 6.50. The monoisotopic (exact) mass is 319 g/mol. The molecule has 6 nitrogen and oxygen atoms in total. The zero-order chi connectivity index (χ0) is 15.2. The summed E-state index contributed by atoms with van der Waals surface area (Å²) in [6, 6.07) is 5.02. The molecule has 0 bridgehead atoms. The van der Waals surface area contributed by atoms with Gasteiger partial charge in [0.05, 0.1) is 16.3 Å². The lowest BCUT2D eigenvalue weighted by Crippen LogP contribution is -2.35. The second-order valence-electron chi connectivity index (χ2n) is 4.00. The van der Waals surface area contributed by atoms with Gasteiger partial charge >= 0.3 is 0 Å². The van der Waals surface area contributed by atoms with Crippen LogP contribution >= 0.6 is 11.6 Å². The zero-order valence-corrected chi connectivity index (χ0v) is 12.9. The molecule has 0 spiro atoms. The Labute approximate surface area is 123 Å². The number of sulfonamides is 1. The molecule has 0 unspecified atom stereocenters. The molecule has 0 fully saturated rings. The van der Waals surface area contributed by atoms with Crippen molar-refractivity contribution in [3.8, 4) is 0 Å². The minimum atomic E-state index is -3.24. The zero-order valence-electron chi connectivity index (χ0n) is 11.4. The van der Waals surface area contributed by atoms with E-state index in [1.165, 1.54) is 0 Å². The van der Waals surface area contributed by atoms with Crippen molar-refractivity contribution in [2.24, 2.45) is 0 Å².